The first-order chi connectivity index (χ1) is 8.08. The van der Waals surface area contributed by atoms with Gasteiger partial charge in [0.2, 0.25) is 0 Å². The van der Waals surface area contributed by atoms with Crippen LogP contribution in [-0.4, -0.2) is 17.0 Å². The highest BCUT2D eigenvalue weighted by Gasteiger charge is 2.24. The highest BCUT2D eigenvalue weighted by molar-refractivity contribution is 6.33. The van der Waals surface area contributed by atoms with Gasteiger partial charge in [-0.2, -0.15) is 0 Å². The van der Waals surface area contributed by atoms with Crippen LogP contribution in [0.25, 0.3) is 0 Å². The Morgan fingerprint density at radius 1 is 1.47 bits per heavy atom. The van der Waals surface area contributed by atoms with E-state index in [1.54, 1.807) is 0 Å². The molecule has 0 saturated heterocycles. The predicted molar refractivity (Wildman–Crippen MR) is 61.2 cm³/mol. The van der Waals surface area contributed by atoms with E-state index < -0.39 is 10.9 Å². The molecule has 1 fully saturated rings. The molecule has 1 saturated carbocycles. The van der Waals surface area contributed by atoms with Gasteiger partial charge >= 0.3 is 5.97 Å². The lowest BCUT2D eigenvalue weighted by Crippen LogP contribution is -2.25. The summed E-state index contributed by atoms with van der Waals surface area (Å²) in [5.74, 6) is -0.594. The summed E-state index contributed by atoms with van der Waals surface area (Å²) in [4.78, 5) is 21.7. The van der Waals surface area contributed by atoms with E-state index in [4.69, 9.17) is 16.3 Å². The number of hydrogen-bond acceptors (Lipinski definition) is 4. The van der Waals surface area contributed by atoms with Crippen molar-refractivity contribution in [1.29, 1.82) is 0 Å². The third kappa shape index (κ3) is 2.55. The second-order valence-corrected chi connectivity index (χ2v) is 4.29. The average molecular weight is 256 g/mol. The summed E-state index contributed by atoms with van der Waals surface area (Å²) in [7, 11) is 0. The summed E-state index contributed by atoms with van der Waals surface area (Å²) in [5, 5.41) is 10.8. The topological polar surface area (TPSA) is 69.4 Å². The van der Waals surface area contributed by atoms with E-state index in [2.05, 4.69) is 0 Å². The van der Waals surface area contributed by atoms with Gasteiger partial charge in [0, 0.05) is 12.1 Å². The quantitative estimate of drug-likeness (QED) is 0.473. The van der Waals surface area contributed by atoms with Gasteiger partial charge in [0.05, 0.1) is 15.5 Å². The number of benzene rings is 1. The molecule has 0 heterocycles. The van der Waals surface area contributed by atoms with E-state index in [0.29, 0.717) is 0 Å². The molecular weight excluding hydrogens is 246 g/mol. The molecule has 0 bridgehead atoms. The lowest BCUT2D eigenvalue weighted by atomic mass is 9.96. The van der Waals surface area contributed by atoms with E-state index in [-0.39, 0.29) is 22.4 Å². The Kier molecular flexibility index (Phi) is 3.28. The molecule has 0 atom stereocenters. The van der Waals surface area contributed by atoms with E-state index in [0.717, 1.165) is 25.3 Å². The van der Waals surface area contributed by atoms with Crippen LogP contribution >= 0.6 is 11.6 Å². The largest absolute Gasteiger partial charge is 0.459 e. The summed E-state index contributed by atoms with van der Waals surface area (Å²) >= 11 is 5.82. The van der Waals surface area contributed by atoms with Crippen LogP contribution in [0.3, 0.4) is 0 Å². The Morgan fingerprint density at radius 3 is 2.71 bits per heavy atom. The number of non-ortho nitro benzene ring substituents is 1. The molecule has 90 valence electrons. The zero-order chi connectivity index (χ0) is 12.4. The molecule has 1 aromatic rings. The number of nitro groups is 1. The molecule has 0 amide bonds. The first-order valence-corrected chi connectivity index (χ1v) is 5.60. The molecule has 0 unspecified atom stereocenters. The van der Waals surface area contributed by atoms with Gasteiger partial charge in [0.25, 0.3) is 5.69 Å². The molecule has 17 heavy (non-hydrogen) atoms. The molecule has 1 aromatic carbocycles. The van der Waals surface area contributed by atoms with Gasteiger partial charge in [-0.15, -0.1) is 0 Å². The van der Waals surface area contributed by atoms with Gasteiger partial charge in [-0.1, -0.05) is 11.6 Å². The van der Waals surface area contributed by atoms with Gasteiger partial charge < -0.3 is 4.74 Å². The van der Waals surface area contributed by atoms with Crippen molar-refractivity contribution in [2.75, 3.05) is 0 Å². The number of carbonyl (C=O) groups is 1. The van der Waals surface area contributed by atoms with Crippen molar-refractivity contribution in [1.82, 2.24) is 0 Å². The van der Waals surface area contributed by atoms with Crippen LogP contribution < -0.4 is 0 Å². The highest BCUT2D eigenvalue weighted by atomic mass is 35.5. The summed E-state index contributed by atoms with van der Waals surface area (Å²) < 4.78 is 5.14. The van der Waals surface area contributed by atoms with Crippen LogP contribution in [-0.2, 0) is 4.74 Å². The molecular formula is C11H10ClNO4. The van der Waals surface area contributed by atoms with Crippen LogP contribution in [0.4, 0.5) is 5.69 Å². The second-order valence-electron chi connectivity index (χ2n) is 3.88. The Hall–Kier alpha value is -1.62. The lowest BCUT2D eigenvalue weighted by Gasteiger charge is -2.25. The van der Waals surface area contributed by atoms with Crippen molar-refractivity contribution in [3.63, 3.8) is 0 Å². The monoisotopic (exact) mass is 255 g/mol. The van der Waals surface area contributed by atoms with Crippen molar-refractivity contribution in [3.8, 4) is 0 Å². The lowest BCUT2D eigenvalue weighted by molar-refractivity contribution is -0.384. The van der Waals surface area contributed by atoms with Crippen LogP contribution in [0.1, 0.15) is 29.6 Å². The Bertz CT molecular complexity index is 471. The first-order valence-electron chi connectivity index (χ1n) is 5.23. The SMILES string of the molecule is O=C(OC1CCC1)c1cc([N+](=O)[O-])ccc1Cl. The third-order valence-electron chi connectivity index (χ3n) is 2.71. The molecule has 5 nitrogen and oxygen atoms in total. The molecule has 0 aromatic heterocycles. The fraction of sp³-hybridized carbons (Fsp3) is 0.364. The first kappa shape index (κ1) is 11.9. The Balaban J connectivity index is 2.20. The molecule has 0 aliphatic heterocycles. The van der Waals surface area contributed by atoms with E-state index in [9.17, 15) is 14.9 Å². The molecule has 1 aliphatic carbocycles. The normalized spacial score (nSPS) is 15.1. The minimum Gasteiger partial charge on any atom is -0.459 e. The molecule has 1 aliphatic rings. The number of ether oxygens (including phenoxy) is 1. The van der Waals surface area contributed by atoms with Crippen molar-refractivity contribution in [3.05, 3.63) is 38.9 Å². The summed E-state index contributed by atoms with van der Waals surface area (Å²) in [5.41, 5.74) is -0.122. The maximum Gasteiger partial charge on any atom is 0.340 e. The van der Waals surface area contributed by atoms with E-state index >= 15 is 0 Å². The fourth-order valence-electron chi connectivity index (χ4n) is 1.49. The second kappa shape index (κ2) is 4.71. The predicted octanol–water partition coefficient (Wildman–Crippen LogP) is 2.96. The molecule has 2 rings (SSSR count). The highest BCUT2D eigenvalue weighted by Crippen LogP contribution is 2.27. The molecule has 0 spiro atoms. The van der Waals surface area contributed by atoms with E-state index in [1.807, 2.05) is 0 Å². The third-order valence-corrected chi connectivity index (χ3v) is 3.04. The zero-order valence-electron chi connectivity index (χ0n) is 8.89. The smallest absolute Gasteiger partial charge is 0.340 e. The molecule has 0 radical (unpaired) electrons. The van der Waals surface area contributed by atoms with Crippen molar-refractivity contribution < 1.29 is 14.5 Å². The van der Waals surface area contributed by atoms with Gasteiger partial charge in [0.15, 0.2) is 0 Å². The number of rotatable bonds is 3. The van der Waals surface area contributed by atoms with Crippen molar-refractivity contribution in [2.45, 2.75) is 25.4 Å². The van der Waals surface area contributed by atoms with Crippen molar-refractivity contribution in [2.24, 2.45) is 0 Å². The number of nitro benzene ring substituents is 1. The van der Waals surface area contributed by atoms with Gasteiger partial charge in [-0.05, 0) is 25.3 Å². The molecule has 0 N–H and O–H groups in total. The van der Waals surface area contributed by atoms with Gasteiger partial charge in [-0.3, -0.25) is 10.1 Å². The Morgan fingerprint density at radius 2 is 2.18 bits per heavy atom. The average Bonchev–Trinajstić information content (AvgIpc) is 2.23. The summed E-state index contributed by atoms with van der Waals surface area (Å²) in [6, 6.07) is 3.73. The number of halogens is 1. The van der Waals surface area contributed by atoms with E-state index in [1.165, 1.54) is 12.1 Å². The fourth-order valence-corrected chi connectivity index (χ4v) is 1.68. The Labute approximate surface area is 102 Å². The van der Waals surface area contributed by atoms with Crippen LogP contribution in [0.2, 0.25) is 5.02 Å². The number of hydrogen-bond donors (Lipinski definition) is 0. The van der Waals surface area contributed by atoms with Crippen molar-refractivity contribution >= 4 is 23.3 Å². The number of carbonyl (C=O) groups excluding carboxylic acids is 1. The minimum atomic E-state index is -0.594. The molecule has 6 heteroatoms. The van der Waals surface area contributed by atoms with Crippen LogP contribution in [0.5, 0.6) is 0 Å². The van der Waals surface area contributed by atoms with Crippen LogP contribution in [0.15, 0.2) is 18.2 Å². The van der Waals surface area contributed by atoms with Gasteiger partial charge in [0.1, 0.15) is 6.10 Å². The standard InChI is InChI=1S/C11H10ClNO4/c12-10-5-4-7(13(15)16)6-9(10)11(14)17-8-2-1-3-8/h4-6,8H,1-3H2. The van der Waals surface area contributed by atoms with Crippen LogP contribution in [0, 0.1) is 10.1 Å². The maximum absolute atomic E-state index is 11.7. The number of esters is 1. The van der Waals surface area contributed by atoms with Gasteiger partial charge in [-0.25, -0.2) is 4.79 Å². The maximum atomic E-state index is 11.7. The number of nitrogens with zero attached hydrogens (tertiary/aromatic N) is 1. The minimum absolute atomic E-state index is 0.0489. The summed E-state index contributed by atoms with van der Waals surface area (Å²) in [6.07, 6.45) is 2.66. The summed E-state index contributed by atoms with van der Waals surface area (Å²) in [6.45, 7) is 0. The zero-order valence-corrected chi connectivity index (χ0v) is 9.64.